The average Bonchev–Trinajstić information content (AvgIpc) is 2.60. The molecular weight excluding hydrogens is 342 g/mol. The van der Waals surface area contributed by atoms with E-state index in [1.165, 1.54) is 12.1 Å². The molecule has 0 aliphatic rings. The molecular formula is C18H13NO7. The molecule has 0 saturated heterocycles. The molecule has 0 saturated carbocycles. The molecule has 0 atom stereocenters. The van der Waals surface area contributed by atoms with Gasteiger partial charge in [0.2, 0.25) is 0 Å². The molecule has 1 aromatic heterocycles. The Morgan fingerprint density at radius 3 is 2.38 bits per heavy atom. The fourth-order valence-electron chi connectivity index (χ4n) is 2.57. The van der Waals surface area contributed by atoms with Gasteiger partial charge in [-0.1, -0.05) is 30.3 Å². The standard InChI is InChI=1S/C18H13NO7/c20-12-7-2-1-4-9(12)10-5-3-6-11-15(23)14(18(25)26-16(10)11)17(24)19-8-13(21)22/h1-7,20,23H,8H2,(H,19,24)(H,21,22). The van der Waals surface area contributed by atoms with Crippen molar-refractivity contribution in [1.82, 2.24) is 5.32 Å². The van der Waals surface area contributed by atoms with Gasteiger partial charge in [-0.2, -0.15) is 0 Å². The summed E-state index contributed by atoms with van der Waals surface area (Å²) in [5.74, 6) is -3.04. The number of amides is 1. The fourth-order valence-corrected chi connectivity index (χ4v) is 2.57. The van der Waals surface area contributed by atoms with Gasteiger partial charge in [0.05, 0.1) is 5.39 Å². The minimum atomic E-state index is -1.30. The molecule has 8 heteroatoms. The lowest BCUT2D eigenvalue weighted by Crippen LogP contribution is -2.32. The Hall–Kier alpha value is -3.81. The molecule has 0 fully saturated rings. The lowest BCUT2D eigenvalue weighted by molar-refractivity contribution is -0.135. The minimum Gasteiger partial charge on any atom is -0.507 e. The van der Waals surface area contributed by atoms with Crippen molar-refractivity contribution >= 4 is 22.8 Å². The van der Waals surface area contributed by atoms with Crippen LogP contribution in [0.3, 0.4) is 0 Å². The van der Waals surface area contributed by atoms with Crippen molar-refractivity contribution < 1.29 is 29.3 Å². The Morgan fingerprint density at radius 1 is 1.00 bits per heavy atom. The number of carbonyl (C=O) groups excluding carboxylic acids is 1. The van der Waals surface area contributed by atoms with Gasteiger partial charge in [0.1, 0.15) is 23.6 Å². The van der Waals surface area contributed by atoms with Crippen LogP contribution in [0.4, 0.5) is 0 Å². The van der Waals surface area contributed by atoms with E-state index in [1.807, 2.05) is 5.32 Å². The van der Waals surface area contributed by atoms with Crippen LogP contribution in [0.5, 0.6) is 11.5 Å². The highest BCUT2D eigenvalue weighted by Crippen LogP contribution is 2.37. The summed E-state index contributed by atoms with van der Waals surface area (Å²) in [6, 6.07) is 11.0. The molecule has 1 amide bonds. The molecule has 4 N–H and O–H groups in total. The van der Waals surface area contributed by atoms with E-state index in [0.29, 0.717) is 11.1 Å². The first kappa shape index (κ1) is 17.0. The summed E-state index contributed by atoms with van der Waals surface area (Å²) in [7, 11) is 0. The first-order valence-corrected chi connectivity index (χ1v) is 7.47. The lowest BCUT2D eigenvalue weighted by Gasteiger charge is -2.10. The number of benzene rings is 2. The van der Waals surface area contributed by atoms with Gasteiger partial charge in [-0.15, -0.1) is 0 Å². The van der Waals surface area contributed by atoms with Gasteiger partial charge in [-0.25, -0.2) is 4.79 Å². The van der Waals surface area contributed by atoms with Gasteiger partial charge in [0, 0.05) is 11.1 Å². The number of carbonyl (C=O) groups is 2. The molecule has 0 aliphatic carbocycles. The summed E-state index contributed by atoms with van der Waals surface area (Å²) in [5, 5.41) is 31.1. The highest BCUT2D eigenvalue weighted by Gasteiger charge is 2.23. The number of carboxylic acid groups (broad SMARTS) is 1. The largest absolute Gasteiger partial charge is 0.507 e. The predicted molar refractivity (Wildman–Crippen MR) is 91.2 cm³/mol. The monoisotopic (exact) mass is 355 g/mol. The van der Waals surface area contributed by atoms with Crippen LogP contribution in [0.25, 0.3) is 22.1 Å². The van der Waals surface area contributed by atoms with E-state index in [1.54, 1.807) is 30.3 Å². The number of para-hydroxylation sites is 2. The summed E-state index contributed by atoms with van der Waals surface area (Å²) in [6.07, 6.45) is 0. The van der Waals surface area contributed by atoms with E-state index in [2.05, 4.69) is 0 Å². The number of hydrogen-bond donors (Lipinski definition) is 4. The first-order valence-electron chi connectivity index (χ1n) is 7.47. The maximum Gasteiger partial charge on any atom is 0.353 e. The number of phenolic OH excluding ortho intramolecular Hbond substituents is 1. The van der Waals surface area contributed by atoms with Gasteiger partial charge >= 0.3 is 11.6 Å². The zero-order chi connectivity index (χ0) is 18.8. The molecule has 0 aliphatic heterocycles. The Kier molecular flexibility index (Phi) is 4.32. The maximum atomic E-state index is 12.2. The van der Waals surface area contributed by atoms with Crippen molar-refractivity contribution in [3.8, 4) is 22.6 Å². The molecule has 3 aromatic rings. The molecule has 2 aromatic carbocycles. The quantitative estimate of drug-likeness (QED) is 0.523. The van der Waals surface area contributed by atoms with Crippen LogP contribution in [0.1, 0.15) is 10.4 Å². The first-order chi connectivity index (χ1) is 12.4. The van der Waals surface area contributed by atoms with Crippen molar-refractivity contribution in [3.63, 3.8) is 0 Å². The summed E-state index contributed by atoms with van der Waals surface area (Å²) >= 11 is 0. The van der Waals surface area contributed by atoms with Crippen molar-refractivity contribution in [2.24, 2.45) is 0 Å². The summed E-state index contributed by atoms with van der Waals surface area (Å²) in [6.45, 7) is -0.715. The van der Waals surface area contributed by atoms with Crippen LogP contribution >= 0.6 is 0 Å². The Balaban J connectivity index is 2.20. The highest BCUT2D eigenvalue weighted by atomic mass is 16.4. The van der Waals surface area contributed by atoms with Crippen molar-refractivity contribution in [2.45, 2.75) is 0 Å². The van der Waals surface area contributed by atoms with Crippen molar-refractivity contribution in [2.75, 3.05) is 6.54 Å². The smallest absolute Gasteiger partial charge is 0.353 e. The molecule has 3 rings (SSSR count). The average molecular weight is 355 g/mol. The molecule has 0 unspecified atom stereocenters. The Morgan fingerprint density at radius 2 is 1.69 bits per heavy atom. The maximum absolute atomic E-state index is 12.2. The summed E-state index contributed by atoms with van der Waals surface area (Å²) < 4.78 is 5.21. The molecule has 0 spiro atoms. The highest BCUT2D eigenvalue weighted by molar-refractivity contribution is 6.05. The molecule has 1 heterocycles. The fraction of sp³-hybridized carbons (Fsp3) is 0.0556. The van der Waals surface area contributed by atoms with Crippen LogP contribution < -0.4 is 10.9 Å². The third kappa shape index (κ3) is 2.95. The van der Waals surface area contributed by atoms with Crippen LogP contribution in [0.2, 0.25) is 0 Å². The number of rotatable bonds is 4. The predicted octanol–water partition coefficient (Wildman–Crippen LogP) is 1.69. The number of hydrogen-bond acceptors (Lipinski definition) is 6. The zero-order valence-electron chi connectivity index (χ0n) is 13.2. The van der Waals surface area contributed by atoms with Gasteiger partial charge in [0.15, 0.2) is 5.56 Å². The SMILES string of the molecule is O=C(O)CNC(=O)c1c(O)c2cccc(-c3ccccc3O)c2oc1=O. The van der Waals surface area contributed by atoms with E-state index >= 15 is 0 Å². The number of phenols is 1. The molecule has 0 radical (unpaired) electrons. The second-order valence-electron chi connectivity index (χ2n) is 5.39. The van der Waals surface area contributed by atoms with E-state index < -0.39 is 35.4 Å². The van der Waals surface area contributed by atoms with Crippen molar-refractivity contribution in [3.05, 3.63) is 58.4 Å². The van der Waals surface area contributed by atoms with Crippen LogP contribution in [-0.2, 0) is 4.79 Å². The van der Waals surface area contributed by atoms with E-state index in [4.69, 9.17) is 9.52 Å². The number of fused-ring (bicyclic) bond motifs is 1. The van der Waals surface area contributed by atoms with E-state index in [9.17, 15) is 24.6 Å². The number of carboxylic acids is 1. The van der Waals surface area contributed by atoms with Crippen LogP contribution in [0, 0.1) is 0 Å². The van der Waals surface area contributed by atoms with Gasteiger partial charge in [-0.05, 0) is 12.1 Å². The van der Waals surface area contributed by atoms with Crippen molar-refractivity contribution in [1.29, 1.82) is 0 Å². The molecule has 0 bridgehead atoms. The Bertz CT molecular complexity index is 1080. The summed E-state index contributed by atoms with van der Waals surface area (Å²) in [4.78, 5) is 34.8. The molecule has 132 valence electrons. The third-order valence-corrected chi connectivity index (χ3v) is 3.73. The third-order valence-electron chi connectivity index (χ3n) is 3.73. The zero-order valence-corrected chi connectivity index (χ0v) is 13.2. The lowest BCUT2D eigenvalue weighted by atomic mass is 10.0. The van der Waals surface area contributed by atoms with E-state index in [0.717, 1.165) is 0 Å². The van der Waals surface area contributed by atoms with Gasteiger partial charge in [0.25, 0.3) is 5.91 Å². The Labute approximate surface area is 145 Å². The van der Waals surface area contributed by atoms with Gasteiger partial charge < -0.3 is 25.1 Å². The number of aliphatic carboxylic acids is 1. The summed E-state index contributed by atoms with van der Waals surface area (Å²) in [5.41, 5.74) is -1.09. The van der Waals surface area contributed by atoms with Gasteiger partial charge in [-0.3, -0.25) is 9.59 Å². The molecule has 8 nitrogen and oxygen atoms in total. The minimum absolute atomic E-state index is 0.00807. The van der Waals surface area contributed by atoms with E-state index in [-0.39, 0.29) is 16.7 Å². The second kappa shape index (κ2) is 6.60. The van der Waals surface area contributed by atoms with Crippen LogP contribution in [0.15, 0.2) is 51.7 Å². The number of nitrogens with one attached hydrogen (secondary N) is 1. The molecule has 26 heavy (non-hydrogen) atoms. The van der Waals surface area contributed by atoms with Crippen LogP contribution in [-0.4, -0.2) is 33.7 Å². The normalized spacial score (nSPS) is 10.6. The number of aromatic hydroxyl groups is 2. The second-order valence-corrected chi connectivity index (χ2v) is 5.39. The topological polar surface area (TPSA) is 137 Å².